The highest BCUT2D eigenvalue weighted by Gasteiger charge is 2.24. The van der Waals surface area contributed by atoms with Crippen molar-refractivity contribution in [2.75, 3.05) is 26.2 Å². The van der Waals surface area contributed by atoms with E-state index >= 15 is 0 Å². The highest BCUT2D eigenvalue weighted by molar-refractivity contribution is 5.95. The maximum atomic E-state index is 13.6. The molecule has 0 aliphatic carbocycles. The average Bonchev–Trinajstić information content (AvgIpc) is 2.72. The summed E-state index contributed by atoms with van der Waals surface area (Å²) in [6.07, 6.45) is 1.17. The number of piperidine rings is 1. The Morgan fingerprint density at radius 2 is 2.00 bits per heavy atom. The van der Waals surface area contributed by atoms with Crippen LogP contribution in [-0.4, -0.2) is 54.3 Å². The number of benzene rings is 2. The number of para-hydroxylation sites is 1. The third-order valence-electron chi connectivity index (χ3n) is 5.13. The number of hydrogen-bond acceptors (Lipinski definition) is 5. The van der Waals surface area contributed by atoms with Crippen molar-refractivity contribution in [2.45, 2.75) is 31.5 Å². The Morgan fingerprint density at radius 3 is 2.72 bits per heavy atom. The number of carbonyl (C=O) groups excluding carboxylic acids is 1. The van der Waals surface area contributed by atoms with Gasteiger partial charge < -0.3 is 20.9 Å². The van der Waals surface area contributed by atoms with Gasteiger partial charge in [0.1, 0.15) is 24.3 Å². The highest BCUT2D eigenvalue weighted by atomic mass is 19.1. The number of nitrogens with one attached hydrogen (secondary N) is 1. The van der Waals surface area contributed by atoms with Gasteiger partial charge >= 0.3 is 0 Å². The largest absolute Gasteiger partial charge is 0.490 e. The van der Waals surface area contributed by atoms with Gasteiger partial charge in [-0.15, -0.1) is 0 Å². The van der Waals surface area contributed by atoms with Crippen molar-refractivity contribution in [2.24, 2.45) is 5.73 Å². The van der Waals surface area contributed by atoms with Crippen LogP contribution in [0.15, 0.2) is 48.5 Å². The van der Waals surface area contributed by atoms with E-state index in [1.165, 1.54) is 12.1 Å². The first-order chi connectivity index (χ1) is 14.0. The smallest absolute Gasteiger partial charge is 0.252 e. The van der Waals surface area contributed by atoms with Crippen LogP contribution in [0.4, 0.5) is 4.39 Å². The molecular weight excluding hydrogens is 373 g/mol. The minimum atomic E-state index is -0.764. The third-order valence-corrected chi connectivity index (χ3v) is 5.13. The first kappa shape index (κ1) is 21.2. The van der Waals surface area contributed by atoms with Crippen LogP contribution in [0.25, 0.3) is 0 Å². The molecule has 1 unspecified atom stereocenters. The summed E-state index contributed by atoms with van der Waals surface area (Å²) >= 11 is 0. The van der Waals surface area contributed by atoms with Crippen LogP contribution in [0.3, 0.4) is 0 Å². The number of halogens is 1. The van der Waals surface area contributed by atoms with Crippen LogP contribution in [0.2, 0.25) is 0 Å². The average molecular weight is 401 g/mol. The second-order valence-electron chi connectivity index (χ2n) is 7.37. The topological polar surface area (TPSA) is 87.8 Å². The van der Waals surface area contributed by atoms with Crippen molar-refractivity contribution < 1.29 is 19.0 Å². The molecule has 1 aliphatic rings. The lowest BCUT2D eigenvalue weighted by Crippen LogP contribution is -2.46. The molecule has 156 valence electrons. The second kappa shape index (κ2) is 10.3. The molecule has 0 radical (unpaired) electrons. The van der Waals surface area contributed by atoms with Crippen LogP contribution in [0, 0.1) is 5.82 Å². The molecule has 0 saturated carbocycles. The SMILES string of the molecule is NC(=O)c1ccccc1OCC(O)CN(Cc1cccc(F)c1)C1CCNCC1. The van der Waals surface area contributed by atoms with Crippen molar-refractivity contribution in [3.8, 4) is 5.75 Å². The number of amides is 1. The lowest BCUT2D eigenvalue weighted by Gasteiger charge is -2.36. The normalized spacial score (nSPS) is 16.0. The standard InChI is InChI=1S/C22H28FN3O3/c23-17-5-3-4-16(12-17)13-26(18-8-10-25-11-9-18)14-19(27)15-29-21-7-2-1-6-20(21)22(24)28/h1-7,12,18-19,25,27H,8-11,13-15H2,(H2,24,28). The van der Waals surface area contributed by atoms with E-state index in [1.54, 1.807) is 30.3 Å². The van der Waals surface area contributed by atoms with E-state index in [9.17, 15) is 14.3 Å². The monoisotopic (exact) mass is 401 g/mol. The maximum Gasteiger partial charge on any atom is 0.252 e. The van der Waals surface area contributed by atoms with Crippen LogP contribution in [-0.2, 0) is 6.54 Å². The number of hydrogen-bond donors (Lipinski definition) is 3. The van der Waals surface area contributed by atoms with Crippen molar-refractivity contribution in [3.05, 3.63) is 65.5 Å². The van der Waals surface area contributed by atoms with E-state index in [4.69, 9.17) is 10.5 Å². The van der Waals surface area contributed by atoms with E-state index in [0.29, 0.717) is 24.9 Å². The quantitative estimate of drug-likeness (QED) is 0.598. The number of rotatable bonds is 9. The number of primary amides is 1. The van der Waals surface area contributed by atoms with E-state index < -0.39 is 12.0 Å². The Bertz CT molecular complexity index is 811. The zero-order chi connectivity index (χ0) is 20.6. The molecule has 1 heterocycles. The van der Waals surface area contributed by atoms with Gasteiger partial charge in [0, 0.05) is 19.1 Å². The van der Waals surface area contributed by atoms with E-state index in [2.05, 4.69) is 10.2 Å². The number of ether oxygens (including phenoxy) is 1. The molecule has 1 saturated heterocycles. The van der Waals surface area contributed by atoms with Gasteiger partial charge in [0.2, 0.25) is 0 Å². The van der Waals surface area contributed by atoms with Gasteiger partial charge in [-0.2, -0.15) is 0 Å². The molecule has 2 aromatic rings. The molecule has 1 amide bonds. The van der Waals surface area contributed by atoms with E-state index in [-0.39, 0.29) is 18.0 Å². The fraction of sp³-hybridized carbons (Fsp3) is 0.409. The van der Waals surface area contributed by atoms with Crippen molar-refractivity contribution in [3.63, 3.8) is 0 Å². The van der Waals surface area contributed by atoms with Gasteiger partial charge in [0.05, 0.1) is 5.56 Å². The molecule has 6 nitrogen and oxygen atoms in total. The summed E-state index contributed by atoms with van der Waals surface area (Å²) in [6, 6.07) is 13.6. The molecule has 1 aliphatic heterocycles. The number of aliphatic hydroxyl groups excluding tert-OH is 1. The zero-order valence-corrected chi connectivity index (χ0v) is 16.4. The Balaban J connectivity index is 1.64. The van der Waals surface area contributed by atoms with Gasteiger partial charge in [-0.3, -0.25) is 9.69 Å². The minimum absolute atomic E-state index is 0.0366. The van der Waals surface area contributed by atoms with Crippen LogP contribution in [0.1, 0.15) is 28.8 Å². The third kappa shape index (κ3) is 6.25. The summed E-state index contributed by atoms with van der Waals surface area (Å²) in [6.45, 7) is 2.82. The molecule has 4 N–H and O–H groups in total. The lowest BCUT2D eigenvalue weighted by atomic mass is 10.0. The summed E-state index contributed by atoms with van der Waals surface area (Å²) < 4.78 is 19.3. The highest BCUT2D eigenvalue weighted by Crippen LogP contribution is 2.19. The van der Waals surface area contributed by atoms with Crippen LogP contribution >= 0.6 is 0 Å². The Morgan fingerprint density at radius 1 is 1.24 bits per heavy atom. The summed E-state index contributed by atoms with van der Waals surface area (Å²) in [5.74, 6) is -0.477. The number of nitrogens with zero attached hydrogens (tertiary/aromatic N) is 1. The molecule has 1 fully saturated rings. The Hall–Kier alpha value is -2.48. The molecule has 29 heavy (non-hydrogen) atoms. The maximum absolute atomic E-state index is 13.6. The number of carbonyl (C=O) groups is 1. The summed E-state index contributed by atoms with van der Waals surface area (Å²) in [5.41, 5.74) is 6.53. The zero-order valence-electron chi connectivity index (χ0n) is 16.4. The van der Waals surface area contributed by atoms with Gasteiger partial charge in [0.15, 0.2) is 0 Å². The summed E-state index contributed by atoms with van der Waals surface area (Å²) in [5, 5.41) is 13.9. The fourth-order valence-corrected chi connectivity index (χ4v) is 3.69. The fourth-order valence-electron chi connectivity index (χ4n) is 3.69. The van der Waals surface area contributed by atoms with Crippen molar-refractivity contribution in [1.82, 2.24) is 10.2 Å². The Labute approximate surface area is 170 Å². The molecular formula is C22H28FN3O3. The molecule has 2 aromatic carbocycles. The molecule has 7 heteroatoms. The predicted octanol–water partition coefficient (Wildman–Crippen LogP) is 1.92. The second-order valence-corrected chi connectivity index (χ2v) is 7.37. The predicted molar refractivity (Wildman–Crippen MR) is 109 cm³/mol. The number of nitrogens with two attached hydrogens (primary N) is 1. The first-order valence-electron chi connectivity index (χ1n) is 9.92. The van der Waals surface area contributed by atoms with Crippen LogP contribution < -0.4 is 15.8 Å². The van der Waals surface area contributed by atoms with Crippen LogP contribution in [0.5, 0.6) is 5.75 Å². The molecule has 1 atom stereocenters. The van der Waals surface area contributed by atoms with Gasteiger partial charge in [-0.05, 0) is 55.8 Å². The molecule has 0 bridgehead atoms. The molecule has 0 aromatic heterocycles. The molecule has 3 rings (SSSR count). The summed E-state index contributed by atoms with van der Waals surface area (Å²) in [7, 11) is 0. The van der Waals surface area contributed by atoms with Gasteiger partial charge in [-0.25, -0.2) is 4.39 Å². The minimum Gasteiger partial charge on any atom is -0.490 e. The van der Waals surface area contributed by atoms with E-state index in [1.807, 2.05) is 6.07 Å². The number of aliphatic hydroxyl groups is 1. The van der Waals surface area contributed by atoms with Gasteiger partial charge in [-0.1, -0.05) is 24.3 Å². The van der Waals surface area contributed by atoms with Crippen molar-refractivity contribution in [1.29, 1.82) is 0 Å². The van der Waals surface area contributed by atoms with E-state index in [0.717, 1.165) is 31.5 Å². The first-order valence-corrected chi connectivity index (χ1v) is 9.92. The lowest BCUT2D eigenvalue weighted by molar-refractivity contribution is 0.0411. The summed E-state index contributed by atoms with van der Waals surface area (Å²) in [4.78, 5) is 13.7. The van der Waals surface area contributed by atoms with Crippen molar-refractivity contribution >= 4 is 5.91 Å². The van der Waals surface area contributed by atoms with Gasteiger partial charge in [0.25, 0.3) is 5.91 Å². The molecule has 0 spiro atoms. The Kier molecular flexibility index (Phi) is 7.57.